The first-order chi connectivity index (χ1) is 19.3. The van der Waals surface area contributed by atoms with Gasteiger partial charge >= 0.3 is 0 Å². The average Bonchev–Trinajstić information content (AvgIpc) is 2.96. The molecule has 2 aromatic rings. The molecule has 3 heteroatoms. The Hall–Kier alpha value is -2.16. The van der Waals surface area contributed by atoms with Gasteiger partial charge in [0.15, 0.2) is 0 Å². The summed E-state index contributed by atoms with van der Waals surface area (Å²) in [5.74, 6) is 0. The number of benzene rings is 2. The Morgan fingerprint density at radius 2 is 0.974 bits per heavy atom. The van der Waals surface area contributed by atoms with Crippen LogP contribution in [0.25, 0.3) is 0 Å². The zero-order valence-electron chi connectivity index (χ0n) is 25.8. The van der Waals surface area contributed by atoms with Crippen LogP contribution in [-0.2, 0) is 6.42 Å². The minimum atomic E-state index is 0.920. The molecule has 0 amide bonds. The lowest BCUT2D eigenvalue weighted by atomic mass is 10.0. The van der Waals surface area contributed by atoms with Gasteiger partial charge in [0.2, 0.25) is 0 Å². The number of unbranched alkanes of at least 4 members (excludes halogenated alkanes) is 15. The molecule has 0 bridgehead atoms. The number of hydrogen-bond acceptors (Lipinski definition) is 3. The van der Waals surface area contributed by atoms with Gasteiger partial charge in [-0.1, -0.05) is 135 Å². The molecule has 39 heavy (non-hydrogen) atoms. The third-order valence-electron chi connectivity index (χ3n) is 7.77. The van der Waals surface area contributed by atoms with Gasteiger partial charge in [-0.3, -0.25) is 0 Å². The first-order valence-corrected chi connectivity index (χ1v) is 16.6. The minimum absolute atomic E-state index is 0.920. The van der Waals surface area contributed by atoms with Crippen molar-refractivity contribution < 1.29 is 0 Å². The van der Waals surface area contributed by atoms with Crippen molar-refractivity contribution in [1.82, 2.24) is 0 Å². The van der Waals surface area contributed by atoms with Crippen molar-refractivity contribution >= 4 is 17.1 Å². The molecule has 2 rings (SSSR count). The molecule has 0 spiro atoms. The van der Waals surface area contributed by atoms with Crippen LogP contribution in [0.2, 0.25) is 0 Å². The Kier molecular flexibility index (Phi) is 19.2. The normalized spacial score (nSPS) is 11.5. The lowest BCUT2D eigenvalue weighted by molar-refractivity contribution is 0.529. The van der Waals surface area contributed by atoms with Gasteiger partial charge in [0.25, 0.3) is 0 Å². The standard InChI is InChI=1S/C36H59N3/c1-4-7-8-9-10-11-12-13-14-15-16-17-18-19-20-21-24-33-25-22-23-26-36(33)38-37-34-27-29-35(30-28-34)39(31-5-2)32-6-3/h22-23,25-30H,4-21,24,31-32H2,1-3H3. The highest BCUT2D eigenvalue weighted by molar-refractivity contribution is 5.53. The SMILES string of the molecule is CCCCCCCCCCCCCCCCCCc1ccccc1N=Nc1ccc(N(CCC)CCC)cc1. The highest BCUT2D eigenvalue weighted by atomic mass is 15.1. The maximum Gasteiger partial charge on any atom is 0.0889 e. The van der Waals surface area contributed by atoms with Gasteiger partial charge in [0, 0.05) is 18.8 Å². The molecule has 218 valence electrons. The first kappa shape index (κ1) is 33.0. The molecule has 0 saturated heterocycles. The molecule has 0 aliphatic heterocycles. The maximum atomic E-state index is 4.63. The lowest BCUT2D eigenvalue weighted by Gasteiger charge is -2.23. The molecular weight excluding hydrogens is 474 g/mol. The second-order valence-electron chi connectivity index (χ2n) is 11.4. The molecule has 2 aromatic carbocycles. The van der Waals surface area contributed by atoms with Gasteiger partial charge in [-0.2, -0.15) is 10.2 Å². The van der Waals surface area contributed by atoms with E-state index in [-0.39, 0.29) is 0 Å². The van der Waals surface area contributed by atoms with Crippen molar-refractivity contribution in [2.75, 3.05) is 18.0 Å². The molecular formula is C36H59N3. The molecule has 0 aromatic heterocycles. The third-order valence-corrected chi connectivity index (χ3v) is 7.77. The second kappa shape index (κ2) is 22.6. The zero-order valence-corrected chi connectivity index (χ0v) is 25.8. The summed E-state index contributed by atoms with van der Waals surface area (Å²) in [6, 6.07) is 17.1. The first-order valence-electron chi connectivity index (χ1n) is 16.6. The molecule has 0 saturated carbocycles. The van der Waals surface area contributed by atoms with Gasteiger partial charge in [0.05, 0.1) is 11.4 Å². The van der Waals surface area contributed by atoms with E-state index in [1.54, 1.807) is 0 Å². The summed E-state index contributed by atoms with van der Waals surface area (Å²) in [6.07, 6.45) is 25.9. The van der Waals surface area contributed by atoms with Crippen LogP contribution in [0.1, 0.15) is 142 Å². The molecule has 0 heterocycles. The molecule has 0 fully saturated rings. The monoisotopic (exact) mass is 533 g/mol. The van der Waals surface area contributed by atoms with E-state index in [1.807, 2.05) is 0 Å². The molecule has 0 atom stereocenters. The molecule has 0 aliphatic rings. The van der Waals surface area contributed by atoms with Gasteiger partial charge in [-0.15, -0.1) is 0 Å². The van der Waals surface area contributed by atoms with E-state index in [0.29, 0.717) is 0 Å². The number of rotatable bonds is 24. The van der Waals surface area contributed by atoms with Crippen LogP contribution < -0.4 is 4.90 Å². The van der Waals surface area contributed by atoms with Crippen LogP contribution in [0.3, 0.4) is 0 Å². The average molecular weight is 534 g/mol. The summed E-state index contributed by atoms with van der Waals surface area (Å²) in [4.78, 5) is 2.45. The highest BCUT2D eigenvalue weighted by Gasteiger charge is 2.05. The summed E-state index contributed by atoms with van der Waals surface area (Å²) >= 11 is 0. The lowest BCUT2D eigenvalue weighted by Crippen LogP contribution is -2.24. The van der Waals surface area contributed by atoms with E-state index < -0.39 is 0 Å². The smallest absolute Gasteiger partial charge is 0.0889 e. The maximum absolute atomic E-state index is 4.63. The number of hydrogen-bond donors (Lipinski definition) is 0. The fraction of sp³-hybridized carbons (Fsp3) is 0.667. The number of azo groups is 1. The fourth-order valence-electron chi connectivity index (χ4n) is 5.43. The van der Waals surface area contributed by atoms with Crippen molar-refractivity contribution in [3.63, 3.8) is 0 Å². The Morgan fingerprint density at radius 3 is 1.49 bits per heavy atom. The predicted octanol–water partition coefficient (Wildman–Crippen LogP) is 12.5. The van der Waals surface area contributed by atoms with Crippen LogP contribution in [0, 0.1) is 0 Å². The molecule has 0 unspecified atom stereocenters. The Labute approximate surface area is 241 Å². The third kappa shape index (κ3) is 15.3. The summed E-state index contributed by atoms with van der Waals surface area (Å²) < 4.78 is 0. The summed E-state index contributed by atoms with van der Waals surface area (Å²) in [5.41, 5.74) is 4.53. The second-order valence-corrected chi connectivity index (χ2v) is 11.4. The van der Waals surface area contributed by atoms with E-state index in [9.17, 15) is 0 Å². The van der Waals surface area contributed by atoms with Gasteiger partial charge in [-0.25, -0.2) is 0 Å². The van der Waals surface area contributed by atoms with Crippen LogP contribution in [-0.4, -0.2) is 13.1 Å². The van der Waals surface area contributed by atoms with Crippen LogP contribution in [0.4, 0.5) is 17.1 Å². The van der Waals surface area contributed by atoms with E-state index in [4.69, 9.17) is 0 Å². The Balaban J connectivity index is 1.59. The highest BCUT2D eigenvalue weighted by Crippen LogP contribution is 2.26. The van der Waals surface area contributed by atoms with Crippen LogP contribution in [0.15, 0.2) is 58.8 Å². The summed E-state index contributed by atoms with van der Waals surface area (Å²) in [6.45, 7) is 8.97. The number of aryl methyl sites for hydroxylation is 1. The number of anilines is 1. The quantitative estimate of drug-likeness (QED) is 0.0973. The van der Waals surface area contributed by atoms with E-state index >= 15 is 0 Å². The Morgan fingerprint density at radius 1 is 0.487 bits per heavy atom. The van der Waals surface area contributed by atoms with E-state index in [2.05, 4.69) is 84.4 Å². The summed E-state index contributed by atoms with van der Waals surface area (Å²) in [5, 5.41) is 9.19. The topological polar surface area (TPSA) is 28.0 Å². The zero-order chi connectivity index (χ0) is 27.8. The van der Waals surface area contributed by atoms with E-state index in [0.717, 1.165) is 43.7 Å². The number of nitrogens with zero attached hydrogens (tertiary/aromatic N) is 3. The van der Waals surface area contributed by atoms with Crippen molar-refractivity contribution in [1.29, 1.82) is 0 Å². The van der Waals surface area contributed by atoms with Gasteiger partial charge < -0.3 is 4.90 Å². The molecule has 0 radical (unpaired) electrons. The van der Waals surface area contributed by atoms with Crippen molar-refractivity contribution in [3.8, 4) is 0 Å². The van der Waals surface area contributed by atoms with Crippen molar-refractivity contribution in [2.24, 2.45) is 10.2 Å². The van der Waals surface area contributed by atoms with Crippen LogP contribution in [0.5, 0.6) is 0 Å². The minimum Gasteiger partial charge on any atom is -0.372 e. The molecule has 3 nitrogen and oxygen atoms in total. The van der Waals surface area contributed by atoms with Gasteiger partial charge in [-0.05, 0) is 61.6 Å². The predicted molar refractivity (Wildman–Crippen MR) is 173 cm³/mol. The fourth-order valence-corrected chi connectivity index (χ4v) is 5.43. The van der Waals surface area contributed by atoms with Crippen molar-refractivity contribution in [3.05, 3.63) is 54.1 Å². The van der Waals surface area contributed by atoms with Crippen molar-refractivity contribution in [2.45, 2.75) is 143 Å². The van der Waals surface area contributed by atoms with E-state index in [1.165, 1.54) is 114 Å². The Bertz CT molecular complexity index is 852. The molecule has 0 aliphatic carbocycles. The molecule has 0 N–H and O–H groups in total. The van der Waals surface area contributed by atoms with Crippen LogP contribution >= 0.6 is 0 Å². The largest absolute Gasteiger partial charge is 0.372 e. The van der Waals surface area contributed by atoms with Gasteiger partial charge in [0.1, 0.15) is 0 Å². The summed E-state index contributed by atoms with van der Waals surface area (Å²) in [7, 11) is 0.